The second kappa shape index (κ2) is 14.9. The van der Waals surface area contributed by atoms with Crippen molar-refractivity contribution in [2.45, 2.75) is 19.3 Å². The minimum absolute atomic E-state index is 0.130. The van der Waals surface area contributed by atoms with Crippen LogP contribution < -0.4 is 9.47 Å². The summed E-state index contributed by atoms with van der Waals surface area (Å²) in [5.41, 5.74) is 3.38. The quantitative estimate of drug-likeness (QED) is 0.122. The van der Waals surface area contributed by atoms with E-state index in [2.05, 4.69) is 17.3 Å². The van der Waals surface area contributed by atoms with E-state index >= 15 is 0 Å². The van der Waals surface area contributed by atoms with Gasteiger partial charge in [0.2, 0.25) is 0 Å². The molecule has 0 N–H and O–H groups in total. The van der Waals surface area contributed by atoms with Crippen molar-refractivity contribution in [1.29, 1.82) is 0 Å². The Labute approximate surface area is 226 Å². The molecule has 3 rings (SSSR count). The molecule has 0 amide bonds. The van der Waals surface area contributed by atoms with Crippen molar-refractivity contribution < 1.29 is 14.3 Å². The van der Waals surface area contributed by atoms with Crippen molar-refractivity contribution in [3.8, 4) is 11.5 Å². The predicted molar refractivity (Wildman–Crippen MR) is 146 cm³/mol. The summed E-state index contributed by atoms with van der Waals surface area (Å²) in [6, 6.07) is 21.6. The summed E-state index contributed by atoms with van der Waals surface area (Å²) in [6.07, 6.45) is 5.82. The summed E-state index contributed by atoms with van der Waals surface area (Å²) in [5, 5.41) is 4.78. The number of halogens is 4. The van der Waals surface area contributed by atoms with Crippen LogP contribution in [-0.2, 0) is 17.7 Å². The van der Waals surface area contributed by atoms with Crippen LogP contribution in [0.25, 0.3) is 0 Å². The Morgan fingerprint density at radius 1 is 0.800 bits per heavy atom. The molecule has 3 aromatic rings. The molecule has 0 spiro atoms. The van der Waals surface area contributed by atoms with Gasteiger partial charge in [-0.3, -0.25) is 0 Å². The summed E-state index contributed by atoms with van der Waals surface area (Å²) < 4.78 is 11.4. The van der Waals surface area contributed by atoms with Crippen LogP contribution in [0.3, 0.4) is 0 Å². The lowest BCUT2D eigenvalue weighted by Gasteiger charge is -2.12. The Hall–Kier alpha value is -2.37. The smallest absolute Gasteiger partial charge is 0.156 e. The Balaban J connectivity index is 1.39. The first kappa shape index (κ1) is 27.2. The van der Waals surface area contributed by atoms with Gasteiger partial charge in [0.05, 0.1) is 22.9 Å². The Bertz CT molecular complexity index is 1090. The number of ether oxygens (including phenoxy) is 2. The molecule has 4 nitrogen and oxygen atoms in total. The summed E-state index contributed by atoms with van der Waals surface area (Å²) in [6.45, 7) is 1.20. The zero-order chi connectivity index (χ0) is 24.9. The molecule has 0 radical (unpaired) electrons. The third-order valence-corrected chi connectivity index (χ3v) is 5.77. The molecule has 0 aliphatic heterocycles. The van der Waals surface area contributed by atoms with E-state index in [4.69, 9.17) is 60.7 Å². The van der Waals surface area contributed by atoms with Crippen molar-refractivity contribution in [3.63, 3.8) is 0 Å². The normalized spacial score (nSPS) is 10.9. The van der Waals surface area contributed by atoms with Crippen LogP contribution in [0.15, 0.2) is 82.5 Å². The van der Waals surface area contributed by atoms with Crippen LogP contribution in [0.4, 0.5) is 0 Å². The highest BCUT2D eigenvalue weighted by Crippen LogP contribution is 2.37. The number of hydrogen-bond acceptors (Lipinski definition) is 4. The minimum atomic E-state index is 0.130. The van der Waals surface area contributed by atoms with E-state index in [1.54, 1.807) is 18.3 Å². The molecular weight excluding hydrogens is 528 g/mol. The second-order valence-corrected chi connectivity index (χ2v) is 9.34. The van der Waals surface area contributed by atoms with E-state index in [1.807, 2.05) is 42.5 Å². The standard InChI is InChI=1S/C27H25Cl4NO3/c28-24-17-23(33-16-13-26(30)31)18-25(29)27(24)34-15-12-21-8-10-22(11-9-21)19-32-35-14-4-7-20-5-2-1-3-6-20/h1-3,5-6,8-11,13,17-19H,4,7,12,14-16H2. The molecule has 0 aromatic heterocycles. The average Bonchev–Trinajstić information content (AvgIpc) is 2.84. The zero-order valence-corrected chi connectivity index (χ0v) is 22.0. The summed E-state index contributed by atoms with van der Waals surface area (Å²) in [5.74, 6) is 0.912. The maximum Gasteiger partial charge on any atom is 0.156 e. The largest absolute Gasteiger partial charge is 0.490 e. The van der Waals surface area contributed by atoms with Crippen LogP contribution >= 0.6 is 46.4 Å². The molecular formula is C27H25Cl4NO3. The molecule has 8 heteroatoms. The number of rotatable bonds is 13. The molecule has 0 unspecified atom stereocenters. The fourth-order valence-corrected chi connectivity index (χ4v) is 3.84. The molecule has 0 atom stereocenters. The summed E-state index contributed by atoms with van der Waals surface area (Å²) in [4.78, 5) is 5.37. The zero-order valence-electron chi connectivity index (χ0n) is 18.9. The molecule has 0 fully saturated rings. The summed E-state index contributed by atoms with van der Waals surface area (Å²) in [7, 11) is 0. The third kappa shape index (κ3) is 10.0. The fraction of sp³-hybridized carbons (Fsp3) is 0.222. The Morgan fingerprint density at radius 2 is 1.49 bits per heavy atom. The monoisotopic (exact) mass is 551 g/mol. The molecule has 0 aliphatic rings. The molecule has 184 valence electrons. The van der Waals surface area contributed by atoms with Crippen molar-refractivity contribution in [2.24, 2.45) is 5.16 Å². The highest BCUT2D eigenvalue weighted by atomic mass is 35.5. The minimum Gasteiger partial charge on any atom is -0.490 e. The highest BCUT2D eigenvalue weighted by molar-refractivity contribution is 6.55. The first-order chi connectivity index (χ1) is 17.0. The van der Waals surface area contributed by atoms with E-state index in [9.17, 15) is 0 Å². The van der Waals surface area contributed by atoms with E-state index in [0.29, 0.717) is 41.2 Å². The Kier molecular flexibility index (Phi) is 11.6. The second-order valence-electron chi connectivity index (χ2n) is 7.52. The number of aryl methyl sites for hydroxylation is 1. The van der Waals surface area contributed by atoms with Gasteiger partial charge in [-0.05, 0) is 35.6 Å². The first-order valence-corrected chi connectivity index (χ1v) is 12.6. The molecule has 35 heavy (non-hydrogen) atoms. The van der Waals surface area contributed by atoms with Gasteiger partial charge in [0.15, 0.2) is 5.75 Å². The molecule has 0 aliphatic carbocycles. The van der Waals surface area contributed by atoms with Gasteiger partial charge in [-0.15, -0.1) is 0 Å². The number of oxime groups is 1. The van der Waals surface area contributed by atoms with Crippen LogP contribution in [-0.4, -0.2) is 26.0 Å². The molecule has 0 bridgehead atoms. The van der Waals surface area contributed by atoms with Crippen LogP contribution in [0.5, 0.6) is 11.5 Å². The van der Waals surface area contributed by atoms with Crippen LogP contribution in [0, 0.1) is 0 Å². The van der Waals surface area contributed by atoms with Gasteiger partial charge < -0.3 is 14.3 Å². The van der Waals surface area contributed by atoms with Gasteiger partial charge in [0.25, 0.3) is 0 Å². The van der Waals surface area contributed by atoms with Crippen molar-refractivity contribution >= 4 is 52.6 Å². The van der Waals surface area contributed by atoms with Crippen molar-refractivity contribution in [1.82, 2.24) is 0 Å². The average molecular weight is 553 g/mol. The fourth-order valence-electron chi connectivity index (χ4n) is 3.14. The van der Waals surface area contributed by atoms with Crippen molar-refractivity contribution in [2.75, 3.05) is 19.8 Å². The maximum absolute atomic E-state index is 6.31. The number of hydrogen-bond donors (Lipinski definition) is 0. The lowest BCUT2D eigenvalue weighted by molar-refractivity contribution is 0.143. The number of benzene rings is 3. The van der Waals surface area contributed by atoms with Crippen molar-refractivity contribution in [3.05, 3.63) is 104 Å². The SMILES string of the molecule is ClC(Cl)=CCOc1cc(Cl)c(OCCc2ccc(C=NOCCCc3ccccc3)cc2)c(Cl)c1. The van der Waals surface area contributed by atoms with Gasteiger partial charge in [-0.1, -0.05) is 106 Å². The van der Waals surface area contributed by atoms with Gasteiger partial charge >= 0.3 is 0 Å². The third-order valence-electron chi connectivity index (χ3n) is 4.90. The molecule has 3 aromatic carbocycles. The molecule has 0 saturated heterocycles. The molecule has 0 saturated carbocycles. The van der Waals surface area contributed by atoms with Crippen LogP contribution in [0.2, 0.25) is 10.0 Å². The summed E-state index contributed by atoms with van der Waals surface area (Å²) >= 11 is 23.7. The molecule has 0 heterocycles. The van der Waals surface area contributed by atoms with Gasteiger partial charge in [-0.25, -0.2) is 0 Å². The Morgan fingerprint density at radius 3 is 2.17 bits per heavy atom. The first-order valence-electron chi connectivity index (χ1n) is 11.1. The van der Waals surface area contributed by atoms with E-state index in [0.717, 1.165) is 24.0 Å². The highest BCUT2D eigenvalue weighted by Gasteiger charge is 2.11. The van der Waals surface area contributed by atoms with Crippen LogP contribution in [0.1, 0.15) is 23.1 Å². The lowest BCUT2D eigenvalue weighted by atomic mass is 10.1. The lowest BCUT2D eigenvalue weighted by Crippen LogP contribution is -2.03. The van der Waals surface area contributed by atoms with E-state index in [1.165, 1.54) is 11.6 Å². The van der Waals surface area contributed by atoms with E-state index in [-0.39, 0.29) is 11.1 Å². The number of nitrogens with zero attached hydrogens (tertiary/aromatic N) is 1. The topological polar surface area (TPSA) is 40.0 Å². The van der Waals surface area contributed by atoms with E-state index < -0.39 is 0 Å². The van der Waals surface area contributed by atoms with Gasteiger partial charge in [0, 0.05) is 18.6 Å². The predicted octanol–water partition coefficient (Wildman–Crippen LogP) is 8.30. The van der Waals surface area contributed by atoms with Gasteiger partial charge in [0.1, 0.15) is 23.5 Å². The van der Waals surface area contributed by atoms with Gasteiger partial charge in [-0.2, -0.15) is 0 Å². The maximum atomic E-state index is 6.31.